The van der Waals surface area contributed by atoms with E-state index in [0.29, 0.717) is 16.4 Å². The Morgan fingerprint density at radius 2 is 1.88 bits per heavy atom. The van der Waals surface area contributed by atoms with Gasteiger partial charge in [0.25, 0.3) is 5.91 Å². The van der Waals surface area contributed by atoms with E-state index in [2.05, 4.69) is 15.6 Å². The number of anilines is 1. The Morgan fingerprint density at radius 1 is 1.21 bits per heavy atom. The Balaban J connectivity index is 1.65. The molecule has 0 radical (unpaired) electrons. The summed E-state index contributed by atoms with van der Waals surface area (Å²) in [5.74, 6) is -2.30. The largest absolute Gasteiger partial charge is 0.391 e. The molecule has 1 fully saturated rings. The molecule has 0 aliphatic carbocycles. The van der Waals surface area contributed by atoms with Crippen molar-refractivity contribution in [1.82, 2.24) is 15.2 Å². The fraction of sp³-hybridized carbons (Fsp3) is 0.435. The zero-order valence-electron chi connectivity index (χ0n) is 19.3. The van der Waals surface area contributed by atoms with Crippen LogP contribution in [0.4, 0.5) is 5.13 Å². The van der Waals surface area contributed by atoms with Crippen molar-refractivity contribution in [2.45, 2.75) is 51.8 Å². The molecule has 5 N–H and O–H groups in total. The number of nitrogens with zero attached hydrogens (tertiary/aromatic N) is 2. The van der Waals surface area contributed by atoms with Crippen molar-refractivity contribution in [2.24, 2.45) is 11.7 Å². The number of carbonyl (C=O) groups is 4. The molecule has 2 aromatic rings. The van der Waals surface area contributed by atoms with Crippen LogP contribution < -0.4 is 16.4 Å². The Bertz CT molecular complexity index is 1070. The van der Waals surface area contributed by atoms with Gasteiger partial charge in [-0.15, -0.1) is 11.3 Å². The van der Waals surface area contributed by atoms with E-state index < -0.39 is 35.8 Å². The minimum absolute atomic E-state index is 0.0161. The molecule has 0 spiro atoms. The van der Waals surface area contributed by atoms with E-state index in [4.69, 9.17) is 5.73 Å². The second-order valence-corrected chi connectivity index (χ2v) is 9.55. The Morgan fingerprint density at radius 3 is 2.50 bits per heavy atom. The highest BCUT2D eigenvalue weighted by Gasteiger charge is 2.39. The first kappa shape index (κ1) is 25.3. The number of thiazole rings is 1. The number of aliphatic hydroxyl groups excluding tert-OH is 1. The van der Waals surface area contributed by atoms with Gasteiger partial charge in [-0.25, -0.2) is 4.98 Å². The molecular weight excluding hydrogens is 458 g/mol. The fourth-order valence-corrected chi connectivity index (χ4v) is 4.33. The topological polar surface area (TPSA) is 155 Å². The zero-order chi connectivity index (χ0) is 25.0. The van der Waals surface area contributed by atoms with E-state index in [0.717, 1.165) is 5.56 Å². The summed E-state index contributed by atoms with van der Waals surface area (Å²) in [7, 11) is 0. The maximum atomic E-state index is 12.9. The molecule has 0 unspecified atom stereocenters. The zero-order valence-corrected chi connectivity index (χ0v) is 20.1. The summed E-state index contributed by atoms with van der Waals surface area (Å²) in [6.45, 7) is 5.34. The van der Waals surface area contributed by atoms with Gasteiger partial charge in [0, 0.05) is 47.9 Å². The molecule has 2 heterocycles. The number of β-amino-alcohol motifs (C(OH)–C–C–N with tert-alkyl or cyclic N) is 1. The lowest BCUT2D eigenvalue weighted by molar-refractivity contribution is -0.139. The van der Waals surface area contributed by atoms with Crippen LogP contribution in [-0.2, 0) is 14.4 Å². The number of hydrogen-bond acceptors (Lipinski definition) is 7. The summed E-state index contributed by atoms with van der Waals surface area (Å²) in [5, 5.41) is 17.7. The number of carbonyl (C=O) groups excluding carboxylic acids is 4. The van der Waals surface area contributed by atoms with Gasteiger partial charge in [0.1, 0.15) is 6.04 Å². The van der Waals surface area contributed by atoms with E-state index in [1.54, 1.807) is 36.6 Å². The number of rotatable bonds is 8. The standard InChI is InChI=1S/C23H29N5O5S/c1-12(2)25-21(32)15-6-4-14(5-7-15)17-11-34-23(26-17)27-22(33)18-9-16(29)10-28(18)19(30)8-13(3)20(24)31/h4-7,11-13,16,18,29H,8-10H2,1-3H3,(H2,24,31)(H,25,32)(H,26,27,33)/t13-,16-,18+/m0/s1. The van der Waals surface area contributed by atoms with Crippen molar-refractivity contribution in [3.63, 3.8) is 0 Å². The summed E-state index contributed by atoms with van der Waals surface area (Å²) in [6, 6.07) is 6.15. The average molecular weight is 488 g/mol. The molecule has 0 saturated carbocycles. The molecule has 1 aromatic carbocycles. The second kappa shape index (κ2) is 10.7. The molecule has 1 aliphatic heterocycles. The van der Waals surface area contributed by atoms with Crippen LogP contribution in [0.2, 0.25) is 0 Å². The monoisotopic (exact) mass is 487 g/mol. The summed E-state index contributed by atoms with van der Waals surface area (Å²) in [5.41, 5.74) is 7.19. The number of aliphatic hydroxyl groups is 1. The first-order valence-electron chi connectivity index (χ1n) is 11.0. The van der Waals surface area contributed by atoms with E-state index in [1.165, 1.54) is 16.2 Å². The van der Waals surface area contributed by atoms with Crippen LogP contribution in [0.5, 0.6) is 0 Å². The molecule has 1 saturated heterocycles. The first-order valence-corrected chi connectivity index (χ1v) is 11.9. The van der Waals surface area contributed by atoms with Crippen LogP contribution in [0.3, 0.4) is 0 Å². The summed E-state index contributed by atoms with van der Waals surface area (Å²) in [4.78, 5) is 54.5. The highest BCUT2D eigenvalue weighted by molar-refractivity contribution is 7.14. The molecule has 3 rings (SSSR count). The predicted molar refractivity (Wildman–Crippen MR) is 128 cm³/mol. The van der Waals surface area contributed by atoms with Crippen LogP contribution >= 0.6 is 11.3 Å². The van der Waals surface area contributed by atoms with Gasteiger partial charge in [-0.3, -0.25) is 19.2 Å². The fourth-order valence-electron chi connectivity index (χ4n) is 3.61. The SMILES string of the molecule is CC(C)NC(=O)c1ccc(-c2csc(NC(=O)[C@H]3C[C@H](O)CN3C(=O)C[C@H](C)C(N)=O)n2)cc1. The lowest BCUT2D eigenvalue weighted by atomic mass is 10.1. The van der Waals surface area contributed by atoms with E-state index >= 15 is 0 Å². The number of amides is 4. The van der Waals surface area contributed by atoms with Gasteiger partial charge in [0.2, 0.25) is 17.7 Å². The first-order chi connectivity index (χ1) is 16.0. The molecule has 3 atom stereocenters. The third-order valence-corrected chi connectivity index (χ3v) is 6.22. The minimum atomic E-state index is -0.867. The van der Waals surface area contributed by atoms with Crippen molar-refractivity contribution in [3.05, 3.63) is 35.2 Å². The number of nitrogens with one attached hydrogen (secondary N) is 2. The van der Waals surface area contributed by atoms with E-state index in [-0.39, 0.29) is 31.3 Å². The Kier molecular flexibility index (Phi) is 8.00. The number of primary amides is 1. The van der Waals surface area contributed by atoms with E-state index in [9.17, 15) is 24.3 Å². The Hall–Kier alpha value is -3.31. The van der Waals surface area contributed by atoms with Gasteiger partial charge in [-0.1, -0.05) is 19.1 Å². The second-order valence-electron chi connectivity index (χ2n) is 8.69. The van der Waals surface area contributed by atoms with Crippen LogP contribution in [0.15, 0.2) is 29.6 Å². The smallest absolute Gasteiger partial charge is 0.251 e. The van der Waals surface area contributed by atoms with Crippen molar-refractivity contribution in [2.75, 3.05) is 11.9 Å². The quantitative estimate of drug-likeness (QED) is 0.441. The number of nitrogens with two attached hydrogens (primary N) is 1. The molecular formula is C23H29N5O5S. The highest BCUT2D eigenvalue weighted by atomic mass is 32.1. The molecule has 1 aromatic heterocycles. The lowest BCUT2D eigenvalue weighted by Gasteiger charge is -2.24. The highest BCUT2D eigenvalue weighted by Crippen LogP contribution is 2.27. The molecule has 182 valence electrons. The van der Waals surface area contributed by atoms with Gasteiger partial charge in [-0.2, -0.15) is 0 Å². The predicted octanol–water partition coefficient (Wildman–Crippen LogP) is 1.36. The number of likely N-dealkylation sites (tertiary alicyclic amines) is 1. The normalized spacial score (nSPS) is 18.6. The minimum Gasteiger partial charge on any atom is -0.391 e. The molecule has 1 aliphatic rings. The van der Waals surface area contributed by atoms with Gasteiger partial charge < -0.3 is 26.4 Å². The van der Waals surface area contributed by atoms with Crippen LogP contribution in [-0.4, -0.2) is 63.4 Å². The van der Waals surface area contributed by atoms with Crippen molar-refractivity contribution < 1.29 is 24.3 Å². The van der Waals surface area contributed by atoms with Gasteiger partial charge >= 0.3 is 0 Å². The van der Waals surface area contributed by atoms with Crippen molar-refractivity contribution in [1.29, 1.82) is 0 Å². The number of benzene rings is 1. The third-order valence-electron chi connectivity index (χ3n) is 5.47. The summed E-state index contributed by atoms with van der Waals surface area (Å²) < 4.78 is 0. The van der Waals surface area contributed by atoms with Gasteiger partial charge in [-0.05, 0) is 26.0 Å². The molecule has 34 heavy (non-hydrogen) atoms. The molecule has 10 nitrogen and oxygen atoms in total. The Labute approximate surface area is 201 Å². The molecule has 4 amide bonds. The number of hydrogen-bond donors (Lipinski definition) is 4. The van der Waals surface area contributed by atoms with Crippen LogP contribution in [0.1, 0.15) is 44.0 Å². The summed E-state index contributed by atoms with van der Waals surface area (Å²) in [6.07, 6.45) is -0.860. The lowest BCUT2D eigenvalue weighted by Crippen LogP contribution is -2.44. The van der Waals surface area contributed by atoms with Crippen molar-refractivity contribution >= 4 is 40.1 Å². The third kappa shape index (κ3) is 6.17. The van der Waals surface area contributed by atoms with Gasteiger partial charge in [0.05, 0.1) is 11.8 Å². The maximum absolute atomic E-state index is 12.9. The molecule has 11 heteroatoms. The molecule has 0 bridgehead atoms. The average Bonchev–Trinajstić information content (AvgIpc) is 3.40. The van der Waals surface area contributed by atoms with Crippen molar-refractivity contribution in [3.8, 4) is 11.3 Å². The number of aromatic nitrogens is 1. The van der Waals surface area contributed by atoms with Crippen LogP contribution in [0, 0.1) is 5.92 Å². The summed E-state index contributed by atoms with van der Waals surface area (Å²) >= 11 is 1.23. The maximum Gasteiger partial charge on any atom is 0.251 e. The van der Waals surface area contributed by atoms with Crippen LogP contribution in [0.25, 0.3) is 11.3 Å². The van der Waals surface area contributed by atoms with E-state index in [1.807, 2.05) is 13.8 Å². The van der Waals surface area contributed by atoms with Gasteiger partial charge in [0.15, 0.2) is 5.13 Å².